The zero-order valence-electron chi connectivity index (χ0n) is 17.6. The Morgan fingerprint density at radius 3 is 2.41 bits per heavy atom. The third kappa shape index (κ3) is 5.89. The van der Waals surface area contributed by atoms with E-state index in [9.17, 15) is 4.79 Å². The molecule has 2 bridgehead atoms. The van der Waals surface area contributed by atoms with Crippen LogP contribution in [-0.2, 0) is 14.3 Å². The molecule has 4 aliphatic heterocycles. The quantitative estimate of drug-likeness (QED) is 0.449. The molecule has 0 saturated carbocycles. The van der Waals surface area contributed by atoms with E-state index in [1.165, 1.54) is 25.9 Å². The van der Waals surface area contributed by atoms with Gasteiger partial charge in [0.2, 0.25) is 0 Å². The molecular formula is C21H39N3O3. The van der Waals surface area contributed by atoms with Gasteiger partial charge in [-0.2, -0.15) is 0 Å². The van der Waals surface area contributed by atoms with Gasteiger partial charge in [-0.1, -0.05) is 6.42 Å². The van der Waals surface area contributed by atoms with Crippen LogP contribution in [-0.4, -0.2) is 99.4 Å². The number of piperidine rings is 4. The number of carbonyl (C=O) groups is 1. The minimum atomic E-state index is 0.0139. The first-order valence-corrected chi connectivity index (χ1v) is 10.9. The normalized spacial score (nSPS) is 34.1. The lowest BCUT2D eigenvalue weighted by Crippen LogP contribution is -2.53. The Labute approximate surface area is 165 Å². The third-order valence-electron chi connectivity index (χ3n) is 6.81. The standard InChI is InChI=1S/C21H39N3O3/c1-22(2)18-10-14-23(16-20(18)26-3)11-6-4-5-7-21(25)27-19-15-24-12-8-17(19)9-13-24/h17-20H,4-16H2,1-3H3/t18?,19-,20?/m0/s1. The summed E-state index contributed by atoms with van der Waals surface area (Å²) < 4.78 is 11.5. The molecule has 27 heavy (non-hydrogen) atoms. The molecule has 156 valence electrons. The fourth-order valence-electron chi connectivity index (χ4n) is 5.05. The van der Waals surface area contributed by atoms with Crippen molar-refractivity contribution < 1.29 is 14.3 Å². The topological polar surface area (TPSA) is 45.2 Å². The maximum atomic E-state index is 12.2. The number of likely N-dealkylation sites (N-methyl/N-ethyl adjacent to an activating group) is 1. The Hall–Kier alpha value is -0.690. The Morgan fingerprint density at radius 2 is 1.78 bits per heavy atom. The fraction of sp³-hybridized carbons (Fsp3) is 0.952. The summed E-state index contributed by atoms with van der Waals surface area (Å²) in [6.07, 6.45) is 7.78. The van der Waals surface area contributed by atoms with Gasteiger partial charge in [-0.3, -0.25) is 9.69 Å². The van der Waals surface area contributed by atoms with Crippen molar-refractivity contribution in [3.8, 4) is 0 Å². The van der Waals surface area contributed by atoms with Crippen molar-refractivity contribution in [2.75, 3.05) is 60.5 Å². The molecule has 4 saturated heterocycles. The molecule has 0 aromatic heterocycles. The summed E-state index contributed by atoms with van der Waals surface area (Å²) in [6, 6.07) is 0.521. The molecule has 2 unspecified atom stereocenters. The number of nitrogens with zero attached hydrogens (tertiary/aromatic N) is 3. The maximum Gasteiger partial charge on any atom is 0.306 e. The van der Waals surface area contributed by atoms with Gasteiger partial charge in [0, 0.05) is 32.7 Å². The highest BCUT2D eigenvalue weighted by atomic mass is 16.5. The molecule has 3 atom stereocenters. The van der Waals surface area contributed by atoms with Crippen LogP contribution in [0.2, 0.25) is 0 Å². The predicted molar refractivity (Wildman–Crippen MR) is 107 cm³/mol. The van der Waals surface area contributed by atoms with Crippen LogP contribution in [0.5, 0.6) is 0 Å². The van der Waals surface area contributed by atoms with Crippen LogP contribution in [0.3, 0.4) is 0 Å². The highest BCUT2D eigenvalue weighted by molar-refractivity contribution is 5.69. The number of likely N-dealkylation sites (tertiary alicyclic amines) is 1. The predicted octanol–water partition coefficient (Wildman–Crippen LogP) is 1.84. The molecule has 4 rings (SSSR count). The van der Waals surface area contributed by atoms with Crippen molar-refractivity contribution in [1.29, 1.82) is 0 Å². The minimum Gasteiger partial charge on any atom is -0.461 e. The number of fused-ring (bicyclic) bond motifs is 3. The summed E-state index contributed by atoms with van der Waals surface area (Å²) in [4.78, 5) is 19.4. The second-order valence-electron chi connectivity index (χ2n) is 8.87. The molecule has 4 heterocycles. The number of methoxy groups -OCH3 is 1. The Morgan fingerprint density at radius 1 is 1.00 bits per heavy atom. The van der Waals surface area contributed by atoms with E-state index in [-0.39, 0.29) is 12.1 Å². The molecule has 0 N–H and O–H groups in total. The lowest BCUT2D eigenvalue weighted by molar-refractivity contribution is -0.158. The second-order valence-corrected chi connectivity index (χ2v) is 8.87. The monoisotopic (exact) mass is 381 g/mol. The number of rotatable bonds is 9. The maximum absolute atomic E-state index is 12.2. The summed E-state index contributed by atoms with van der Waals surface area (Å²) in [6.45, 7) is 6.60. The molecular weight excluding hydrogens is 342 g/mol. The number of esters is 1. The van der Waals surface area contributed by atoms with E-state index >= 15 is 0 Å². The molecule has 0 aliphatic carbocycles. The van der Waals surface area contributed by atoms with Crippen molar-refractivity contribution in [2.45, 2.75) is 63.2 Å². The lowest BCUT2D eigenvalue weighted by atomic mass is 9.86. The van der Waals surface area contributed by atoms with E-state index in [1.54, 1.807) is 0 Å². The first-order chi connectivity index (χ1) is 13.1. The number of hydrogen-bond acceptors (Lipinski definition) is 6. The Kier molecular flexibility index (Phi) is 7.94. The van der Waals surface area contributed by atoms with Crippen LogP contribution in [0.4, 0.5) is 0 Å². The molecule has 0 spiro atoms. The van der Waals surface area contributed by atoms with Crippen molar-refractivity contribution in [3.63, 3.8) is 0 Å². The number of carbonyl (C=O) groups excluding carboxylic acids is 1. The smallest absolute Gasteiger partial charge is 0.306 e. The number of hydrogen-bond donors (Lipinski definition) is 0. The molecule has 0 aromatic carbocycles. The summed E-state index contributed by atoms with van der Waals surface area (Å²) >= 11 is 0. The van der Waals surface area contributed by atoms with Gasteiger partial charge in [0.05, 0.1) is 6.10 Å². The summed E-state index contributed by atoms with van der Waals surface area (Å²) in [5, 5.41) is 0. The van der Waals surface area contributed by atoms with Crippen LogP contribution < -0.4 is 0 Å². The van der Waals surface area contributed by atoms with Crippen molar-refractivity contribution >= 4 is 5.97 Å². The zero-order chi connectivity index (χ0) is 19.2. The van der Waals surface area contributed by atoms with Crippen LogP contribution in [0, 0.1) is 5.92 Å². The van der Waals surface area contributed by atoms with Crippen molar-refractivity contribution in [3.05, 3.63) is 0 Å². The average molecular weight is 382 g/mol. The van der Waals surface area contributed by atoms with E-state index < -0.39 is 0 Å². The van der Waals surface area contributed by atoms with Gasteiger partial charge in [0.1, 0.15) is 6.10 Å². The van der Waals surface area contributed by atoms with Crippen LogP contribution in [0.1, 0.15) is 44.9 Å². The zero-order valence-corrected chi connectivity index (χ0v) is 17.6. The number of unbranched alkanes of at least 4 members (excludes halogenated alkanes) is 2. The molecule has 6 heteroatoms. The Balaban J connectivity index is 1.26. The van der Waals surface area contributed by atoms with E-state index in [1.807, 2.05) is 7.11 Å². The van der Waals surface area contributed by atoms with Crippen LogP contribution >= 0.6 is 0 Å². The van der Waals surface area contributed by atoms with Gasteiger partial charge in [-0.15, -0.1) is 0 Å². The van der Waals surface area contributed by atoms with Crippen molar-refractivity contribution in [2.24, 2.45) is 5.92 Å². The third-order valence-corrected chi connectivity index (χ3v) is 6.81. The fourth-order valence-corrected chi connectivity index (χ4v) is 5.05. The molecule has 6 nitrogen and oxygen atoms in total. The summed E-state index contributed by atoms with van der Waals surface area (Å²) in [5.41, 5.74) is 0. The van der Waals surface area contributed by atoms with Gasteiger partial charge >= 0.3 is 5.97 Å². The van der Waals surface area contributed by atoms with Gasteiger partial charge in [-0.25, -0.2) is 0 Å². The van der Waals surface area contributed by atoms with E-state index in [0.717, 1.165) is 51.9 Å². The van der Waals surface area contributed by atoms with Gasteiger partial charge in [0.25, 0.3) is 0 Å². The average Bonchev–Trinajstić information content (AvgIpc) is 2.68. The first-order valence-electron chi connectivity index (χ1n) is 10.9. The summed E-state index contributed by atoms with van der Waals surface area (Å²) in [5.74, 6) is 0.623. The van der Waals surface area contributed by atoms with Crippen molar-refractivity contribution in [1.82, 2.24) is 14.7 Å². The van der Waals surface area contributed by atoms with Gasteiger partial charge in [-0.05, 0) is 78.3 Å². The minimum absolute atomic E-state index is 0.0139. The first kappa shape index (κ1) is 21.0. The van der Waals surface area contributed by atoms with Gasteiger partial charge in [0.15, 0.2) is 0 Å². The molecule has 0 radical (unpaired) electrons. The second kappa shape index (κ2) is 10.2. The van der Waals surface area contributed by atoms with E-state index in [2.05, 4.69) is 28.8 Å². The highest BCUT2D eigenvalue weighted by Crippen LogP contribution is 2.29. The Bertz CT molecular complexity index is 466. The lowest BCUT2D eigenvalue weighted by Gasteiger charge is -2.43. The van der Waals surface area contributed by atoms with Gasteiger partial charge < -0.3 is 19.3 Å². The SMILES string of the molecule is COC1CN(CCCCCC(=O)O[C@H]2CN3CCC2CC3)CCC1N(C)C. The largest absolute Gasteiger partial charge is 0.461 e. The van der Waals surface area contributed by atoms with Crippen LogP contribution in [0.15, 0.2) is 0 Å². The van der Waals surface area contributed by atoms with E-state index in [4.69, 9.17) is 9.47 Å². The number of ether oxygens (including phenoxy) is 2. The van der Waals surface area contributed by atoms with E-state index in [0.29, 0.717) is 24.5 Å². The van der Waals surface area contributed by atoms with Crippen LogP contribution in [0.25, 0.3) is 0 Å². The molecule has 4 aliphatic rings. The molecule has 4 fully saturated rings. The molecule has 0 aromatic rings. The highest BCUT2D eigenvalue weighted by Gasteiger charge is 2.36. The summed E-state index contributed by atoms with van der Waals surface area (Å²) in [7, 11) is 6.11. The molecule has 0 amide bonds.